The molecule has 164 valence electrons. The second-order valence-electron chi connectivity index (χ2n) is 7.79. The zero-order chi connectivity index (χ0) is 21.8. The number of hydrogen-bond acceptors (Lipinski definition) is 6. The Bertz CT molecular complexity index is 1180. The van der Waals surface area contributed by atoms with E-state index in [0.717, 1.165) is 10.9 Å². The molecule has 1 aliphatic rings. The van der Waals surface area contributed by atoms with E-state index in [1.54, 1.807) is 25.3 Å². The molecule has 0 spiro atoms. The lowest BCUT2D eigenvalue weighted by molar-refractivity contribution is 0.285. The Hall–Kier alpha value is -2.71. The van der Waals surface area contributed by atoms with Crippen LogP contribution in [0, 0.1) is 11.7 Å². The number of benzene rings is 2. The molecule has 1 saturated heterocycles. The second-order valence-corrected chi connectivity index (χ2v) is 10.0. The molecule has 0 saturated carbocycles. The van der Waals surface area contributed by atoms with Crippen molar-refractivity contribution in [2.24, 2.45) is 5.92 Å². The van der Waals surface area contributed by atoms with Crippen LogP contribution >= 0.6 is 0 Å². The summed E-state index contributed by atoms with van der Waals surface area (Å²) in [6.45, 7) is 1.13. The summed E-state index contributed by atoms with van der Waals surface area (Å²) in [5.74, 6) is 1.38. The van der Waals surface area contributed by atoms with E-state index in [1.807, 2.05) is 24.3 Å². The summed E-state index contributed by atoms with van der Waals surface area (Å²) in [5, 5.41) is 4.27. The van der Waals surface area contributed by atoms with Gasteiger partial charge >= 0.3 is 0 Å². The van der Waals surface area contributed by atoms with Gasteiger partial charge < -0.3 is 14.8 Å². The molecular formula is C23H25FN2O4S. The molecule has 0 bridgehead atoms. The van der Waals surface area contributed by atoms with Gasteiger partial charge in [0.05, 0.1) is 24.1 Å². The van der Waals surface area contributed by atoms with Crippen molar-refractivity contribution < 1.29 is 22.3 Å². The molecule has 2 heterocycles. The van der Waals surface area contributed by atoms with Crippen LogP contribution < -0.4 is 14.8 Å². The number of fused-ring (bicyclic) bond motifs is 1. The molecule has 8 heteroatoms. The fourth-order valence-corrected chi connectivity index (χ4v) is 5.62. The van der Waals surface area contributed by atoms with E-state index in [2.05, 4.69) is 10.3 Å². The lowest BCUT2D eigenvalue weighted by Gasteiger charge is -2.15. The lowest BCUT2D eigenvalue weighted by Crippen LogP contribution is -2.23. The van der Waals surface area contributed by atoms with Gasteiger partial charge in [-0.25, -0.2) is 17.8 Å². The molecular weight excluding hydrogens is 419 g/mol. The maximum absolute atomic E-state index is 14.0. The van der Waals surface area contributed by atoms with Gasteiger partial charge in [-0.2, -0.15) is 0 Å². The van der Waals surface area contributed by atoms with Crippen LogP contribution in [0.3, 0.4) is 0 Å². The third-order valence-electron chi connectivity index (χ3n) is 5.46. The van der Waals surface area contributed by atoms with Gasteiger partial charge in [-0.15, -0.1) is 0 Å². The van der Waals surface area contributed by atoms with Crippen molar-refractivity contribution in [2.45, 2.75) is 19.6 Å². The number of pyridine rings is 1. The average Bonchev–Trinajstić information content (AvgIpc) is 3.11. The Labute approximate surface area is 181 Å². The van der Waals surface area contributed by atoms with Crippen LogP contribution in [0.2, 0.25) is 0 Å². The number of methoxy groups -OCH3 is 1. The van der Waals surface area contributed by atoms with Crippen LogP contribution in [-0.4, -0.2) is 38.6 Å². The topological polar surface area (TPSA) is 77.5 Å². The molecule has 6 nitrogen and oxygen atoms in total. The Balaban J connectivity index is 1.54. The minimum Gasteiger partial charge on any atom is -0.497 e. The first-order valence-electron chi connectivity index (χ1n) is 10.2. The summed E-state index contributed by atoms with van der Waals surface area (Å²) in [7, 11) is -1.31. The summed E-state index contributed by atoms with van der Waals surface area (Å²) in [6.07, 6.45) is 0.682. The average molecular weight is 445 g/mol. The summed E-state index contributed by atoms with van der Waals surface area (Å²) in [6, 6.07) is 14.1. The lowest BCUT2D eigenvalue weighted by atomic mass is 10.1. The summed E-state index contributed by atoms with van der Waals surface area (Å²) in [5.41, 5.74) is 1.99. The number of nitrogens with one attached hydrogen (secondary N) is 1. The molecule has 1 fully saturated rings. The molecule has 1 atom stereocenters. The number of halogens is 1. The normalized spacial score (nSPS) is 17.7. The maximum atomic E-state index is 14.0. The van der Waals surface area contributed by atoms with E-state index in [0.29, 0.717) is 42.2 Å². The number of aromatic nitrogens is 1. The molecule has 2 aromatic carbocycles. The zero-order valence-corrected chi connectivity index (χ0v) is 18.1. The van der Waals surface area contributed by atoms with Gasteiger partial charge in [0.15, 0.2) is 9.84 Å². The van der Waals surface area contributed by atoms with Crippen molar-refractivity contribution in [2.75, 3.05) is 25.2 Å². The molecule has 0 radical (unpaired) electrons. The van der Waals surface area contributed by atoms with Crippen LogP contribution in [-0.2, 0) is 23.0 Å². The summed E-state index contributed by atoms with van der Waals surface area (Å²) < 4.78 is 48.6. The van der Waals surface area contributed by atoms with Crippen LogP contribution in [0.1, 0.15) is 17.5 Å². The van der Waals surface area contributed by atoms with E-state index in [1.165, 1.54) is 6.07 Å². The SMILES string of the molecule is COc1ccc2cc(CNCC3CCS(=O)(=O)C3)c(OCc3ccccc3F)nc2c1. The van der Waals surface area contributed by atoms with Crippen LogP contribution in [0.15, 0.2) is 48.5 Å². The molecule has 1 unspecified atom stereocenters. The van der Waals surface area contributed by atoms with Crippen molar-refractivity contribution in [3.05, 3.63) is 65.5 Å². The monoisotopic (exact) mass is 444 g/mol. The van der Waals surface area contributed by atoms with E-state index in [-0.39, 0.29) is 29.8 Å². The number of sulfone groups is 1. The van der Waals surface area contributed by atoms with E-state index in [9.17, 15) is 12.8 Å². The van der Waals surface area contributed by atoms with Crippen molar-refractivity contribution >= 4 is 20.7 Å². The number of rotatable bonds is 8. The second kappa shape index (κ2) is 9.20. The number of hydrogen-bond donors (Lipinski definition) is 1. The van der Waals surface area contributed by atoms with Gasteiger partial charge in [-0.05, 0) is 43.1 Å². The van der Waals surface area contributed by atoms with Gasteiger partial charge in [-0.3, -0.25) is 0 Å². The van der Waals surface area contributed by atoms with Gasteiger partial charge in [0.1, 0.15) is 18.2 Å². The molecule has 4 rings (SSSR count). The van der Waals surface area contributed by atoms with E-state index in [4.69, 9.17) is 9.47 Å². The molecule has 1 aliphatic heterocycles. The van der Waals surface area contributed by atoms with Crippen LogP contribution in [0.5, 0.6) is 11.6 Å². The van der Waals surface area contributed by atoms with E-state index >= 15 is 0 Å². The Morgan fingerprint density at radius 2 is 2.00 bits per heavy atom. The highest BCUT2D eigenvalue weighted by atomic mass is 32.2. The predicted molar refractivity (Wildman–Crippen MR) is 117 cm³/mol. The Morgan fingerprint density at radius 3 is 2.74 bits per heavy atom. The molecule has 0 aliphatic carbocycles. The minimum atomic E-state index is -2.90. The van der Waals surface area contributed by atoms with Gasteiger partial charge in [0.25, 0.3) is 0 Å². The first kappa shape index (κ1) is 21.5. The first-order chi connectivity index (χ1) is 14.9. The van der Waals surface area contributed by atoms with Crippen LogP contribution in [0.4, 0.5) is 4.39 Å². The highest BCUT2D eigenvalue weighted by molar-refractivity contribution is 7.91. The molecule has 0 amide bonds. The maximum Gasteiger partial charge on any atom is 0.218 e. The van der Waals surface area contributed by atoms with E-state index < -0.39 is 9.84 Å². The fourth-order valence-electron chi connectivity index (χ4n) is 3.76. The highest BCUT2D eigenvalue weighted by Gasteiger charge is 2.27. The Morgan fingerprint density at radius 1 is 1.16 bits per heavy atom. The van der Waals surface area contributed by atoms with Gasteiger partial charge in [-0.1, -0.05) is 18.2 Å². The van der Waals surface area contributed by atoms with Crippen molar-refractivity contribution in [3.63, 3.8) is 0 Å². The van der Waals surface area contributed by atoms with Crippen LogP contribution in [0.25, 0.3) is 10.9 Å². The third kappa shape index (κ3) is 5.32. The van der Waals surface area contributed by atoms with Crippen molar-refractivity contribution in [1.82, 2.24) is 10.3 Å². The molecule has 1 aromatic heterocycles. The van der Waals surface area contributed by atoms with Crippen molar-refractivity contribution in [1.29, 1.82) is 0 Å². The largest absolute Gasteiger partial charge is 0.497 e. The molecule has 3 aromatic rings. The standard InChI is InChI=1S/C23H25FN2O4S/c1-29-20-7-6-17-10-19(13-25-12-16-8-9-31(27,28)15-16)23(26-22(17)11-20)30-14-18-4-2-3-5-21(18)24/h2-7,10-11,16,25H,8-9,12-15H2,1H3. The fraction of sp³-hybridized carbons (Fsp3) is 0.348. The van der Waals surface area contributed by atoms with Crippen molar-refractivity contribution in [3.8, 4) is 11.6 Å². The third-order valence-corrected chi connectivity index (χ3v) is 7.30. The number of ether oxygens (including phenoxy) is 2. The summed E-state index contributed by atoms with van der Waals surface area (Å²) >= 11 is 0. The first-order valence-corrected chi connectivity index (χ1v) is 12.0. The smallest absolute Gasteiger partial charge is 0.218 e. The Kier molecular flexibility index (Phi) is 6.38. The van der Waals surface area contributed by atoms with Gasteiger partial charge in [0.2, 0.25) is 5.88 Å². The molecule has 1 N–H and O–H groups in total. The minimum absolute atomic E-state index is 0.0585. The van der Waals surface area contributed by atoms with Gasteiger partial charge in [0, 0.05) is 29.1 Å². The number of nitrogens with zero attached hydrogens (tertiary/aromatic N) is 1. The molecule has 31 heavy (non-hydrogen) atoms. The quantitative estimate of drug-likeness (QED) is 0.573. The summed E-state index contributed by atoms with van der Waals surface area (Å²) in [4.78, 5) is 4.64. The predicted octanol–water partition coefficient (Wildman–Crippen LogP) is 3.49. The highest BCUT2D eigenvalue weighted by Crippen LogP contribution is 2.27. The zero-order valence-electron chi connectivity index (χ0n) is 17.3.